The molecule has 6 nitrogen and oxygen atoms in total. The Morgan fingerprint density at radius 1 is 1.14 bits per heavy atom. The molecule has 0 unspecified atom stereocenters. The van der Waals surface area contributed by atoms with Crippen LogP contribution in [0.4, 0.5) is 23.7 Å². The first-order chi connectivity index (χ1) is 13.6. The van der Waals surface area contributed by atoms with Crippen molar-refractivity contribution in [2.75, 3.05) is 10.8 Å². The lowest BCUT2D eigenvalue weighted by Crippen LogP contribution is -2.35. The third kappa shape index (κ3) is 5.53. The van der Waals surface area contributed by atoms with Gasteiger partial charge >= 0.3 is 11.7 Å². The number of nitrogens with zero attached hydrogens (tertiary/aromatic N) is 2. The largest absolute Gasteiger partial charge is 0.573 e. The molecule has 0 aliphatic rings. The van der Waals surface area contributed by atoms with Crippen LogP contribution < -0.4 is 9.64 Å². The lowest BCUT2D eigenvalue weighted by Gasteiger charge is -2.21. The van der Waals surface area contributed by atoms with Gasteiger partial charge in [-0.2, -0.15) is 0 Å². The smallest absolute Gasteiger partial charge is 0.410 e. The van der Waals surface area contributed by atoms with Gasteiger partial charge in [-0.05, 0) is 41.9 Å². The van der Waals surface area contributed by atoms with Crippen molar-refractivity contribution in [3.63, 3.8) is 0 Å². The van der Waals surface area contributed by atoms with Crippen LogP contribution in [0.3, 0.4) is 0 Å². The number of ether oxygens (including phenoxy) is 1. The topological polar surface area (TPSA) is 79.2 Å². The Bertz CT molecular complexity index is 967. The summed E-state index contributed by atoms with van der Waals surface area (Å²) >= 11 is 16.9. The number of oxime groups is 1. The molecule has 29 heavy (non-hydrogen) atoms. The molecular weight excluding hydrogens is 460 g/mol. The van der Waals surface area contributed by atoms with E-state index in [1.165, 1.54) is 36.4 Å². The highest BCUT2D eigenvalue weighted by Gasteiger charge is 2.33. The molecule has 1 N–H and O–H groups in total. The number of hydrogen-bond donors (Lipinski definition) is 1. The van der Waals surface area contributed by atoms with Crippen molar-refractivity contribution >= 4 is 57.5 Å². The molecule has 0 saturated heterocycles. The molecule has 0 fully saturated rings. The van der Waals surface area contributed by atoms with E-state index >= 15 is 0 Å². The highest BCUT2D eigenvalue weighted by molar-refractivity contribution is 6.68. The minimum atomic E-state index is -5.03. The first kappa shape index (κ1) is 22.8. The van der Waals surface area contributed by atoms with Gasteiger partial charge in [-0.15, -0.1) is 24.8 Å². The molecule has 0 heterocycles. The summed E-state index contributed by atoms with van der Waals surface area (Å²) in [6.45, 7) is 0. The molecule has 2 aromatic carbocycles. The quantitative estimate of drug-likeness (QED) is 0.159. The Hall–Kier alpha value is -2.49. The molecule has 154 valence electrons. The maximum atomic E-state index is 12.7. The highest BCUT2D eigenvalue weighted by Crippen LogP contribution is 2.33. The first-order valence-corrected chi connectivity index (χ1v) is 8.83. The van der Waals surface area contributed by atoms with Gasteiger partial charge in [0.1, 0.15) is 17.3 Å². The number of imide groups is 1. The zero-order valence-corrected chi connectivity index (χ0v) is 16.4. The number of alkyl halides is 4. The summed E-state index contributed by atoms with van der Waals surface area (Å²) in [5.41, 5.74) is -1.15. The van der Waals surface area contributed by atoms with Crippen molar-refractivity contribution < 1.29 is 32.7 Å². The SMILES string of the molecule is O=C(Cl)N(C(=O)CCl)c1ccc(Cl)cc1/C(=N/O)c1ccccc1OC(F)(F)F. The van der Waals surface area contributed by atoms with Crippen LogP contribution >= 0.6 is 34.8 Å². The van der Waals surface area contributed by atoms with E-state index in [0.29, 0.717) is 4.90 Å². The number of carbonyl (C=O) groups excluding carboxylic acids is 2. The average Bonchev–Trinajstić information content (AvgIpc) is 2.64. The molecule has 2 amide bonds. The maximum Gasteiger partial charge on any atom is 0.573 e. The van der Waals surface area contributed by atoms with Crippen LogP contribution in [0, 0.1) is 0 Å². The van der Waals surface area contributed by atoms with Crippen LogP contribution in [-0.4, -0.2) is 34.4 Å². The molecule has 12 heteroatoms. The van der Waals surface area contributed by atoms with Crippen molar-refractivity contribution in [3.8, 4) is 5.75 Å². The molecule has 0 saturated carbocycles. The van der Waals surface area contributed by atoms with E-state index in [4.69, 9.17) is 34.8 Å². The molecule has 0 aromatic heterocycles. The summed E-state index contributed by atoms with van der Waals surface area (Å²) in [5.74, 6) is -2.24. The molecule has 0 aliphatic heterocycles. The van der Waals surface area contributed by atoms with Gasteiger partial charge in [-0.1, -0.05) is 28.9 Å². The van der Waals surface area contributed by atoms with Crippen LogP contribution in [0.15, 0.2) is 47.6 Å². The zero-order chi connectivity index (χ0) is 21.8. The van der Waals surface area contributed by atoms with Gasteiger partial charge in [-0.25, -0.2) is 4.90 Å². The van der Waals surface area contributed by atoms with E-state index in [1.807, 2.05) is 0 Å². The lowest BCUT2D eigenvalue weighted by atomic mass is 9.99. The van der Waals surface area contributed by atoms with Gasteiger partial charge < -0.3 is 9.94 Å². The van der Waals surface area contributed by atoms with Crippen molar-refractivity contribution in [2.45, 2.75) is 6.36 Å². The second-order valence-corrected chi connectivity index (χ2v) is 6.30. The maximum absolute atomic E-state index is 12.7. The third-order valence-corrected chi connectivity index (χ3v) is 4.09. The molecule has 0 spiro atoms. The third-order valence-electron chi connectivity index (χ3n) is 3.46. The summed E-state index contributed by atoms with van der Waals surface area (Å²) in [7, 11) is 0. The van der Waals surface area contributed by atoms with Gasteiger partial charge in [0.25, 0.3) is 0 Å². The normalized spacial score (nSPS) is 11.9. The van der Waals surface area contributed by atoms with Crippen molar-refractivity contribution in [1.82, 2.24) is 0 Å². The van der Waals surface area contributed by atoms with Crippen molar-refractivity contribution in [2.24, 2.45) is 5.16 Å². The minimum Gasteiger partial charge on any atom is -0.410 e. The number of amides is 2. The molecular formula is C17H10Cl3F3N2O4. The zero-order valence-electron chi connectivity index (χ0n) is 14.1. The second kappa shape index (κ2) is 9.34. The average molecular weight is 470 g/mol. The monoisotopic (exact) mass is 468 g/mol. The highest BCUT2D eigenvalue weighted by atomic mass is 35.5. The van der Waals surface area contributed by atoms with Gasteiger partial charge in [0.15, 0.2) is 0 Å². The fourth-order valence-electron chi connectivity index (χ4n) is 2.41. The molecule has 0 radical (unpaired) electrons. The Labute approximate surface area is 177 Å². The number of benzene rings is 2. The number of hydrogen-bond acceptors (Lipinski definition) is 5. The fraction of sp³-hybridized carbons (Fsp3) is 0.118. The number of anilines is 1. The summed E-state index contributed by atoms with van der Waals surface area (Å²) in [5, 5.41) is 11.4. The fourth-order valence-corrected chi connectivity index (χ4v) is 2.89. The van der Waals surface area contributed by atoms with Crippen LogP contribution in [0.1, 0.15) is 11.1 Å². The Morgan fingerprint density at radius 3 is 2.34 bits per heavy atom. The molecule has 0 bridgehead atoms. The van der Waals surface area contributed by atoms with Crippen LogP contribution in [0.2, 0.25) is 5.02 Å². The van der Waals surface area contributed by atoms with E-state index in [1.54, 1.807) is 0 Å². The molecule has 2 aromatic rings. The standard InChI is InChI=1S/C17H10Cl3F3N2O4/c18-8-14(26)25(16(20)27)12-6-5-9(19)7-11(12)15(24-28)10-3-1-2-4-13(10)29-17(21,22)23/h1-7,28H,8H2/b24-15+. The number of halogens is 6. The molecule has 2 rings (SSSR count). The summed E-state index contributed by atoms with van der Waals surface area (Å²) in [4.78, 5) is 24.3. The van der Waals surface area contributed by atoms with Crippen molar-refractivity contribution in [1.29, 1.82) is 0 Å². The molecule has 0 atom stereocenters. The predicted octanol–water partition coefficient (Wildman–Crippen LogP) is 5.40. The number of rotatable bonds is 5. The van der Waals surface area contributed by atoms with E-state index < -0.39 is 35.0 Å². The van der Waals surface area contributed by atoms with E-state index in [9.17, 15) is 28.0 Å². The Kier molecular flexibility index (Phi) is 7.34. The Morgan fingerprint density at radius 2 is 1.79 bits per heavy atom. The van der Waals surface area contributed by atoms with Gasteiger partial charge in [0.05, 0.1) is 5.69 Å². The van der Waals surface area contributed by atoms with Crippen LogP contribution in [-0.2, 0) is 4.79 Å². The van der Waals surface area contributed by atoms with E-state index in [2.05, 4.69) is 9.89 Å². The predicted molar refractivity (Wildman–Crippen MR) is 101 cm³/mol. The van der Waals surface area contributed by atoms with Crippen LogP contribution in [0.5, 0.6) is 5.75 Å². The molecule has 0 aliphatic carbocycles. The summed E-state index contributed by atoms with van der Waals surface area (Å²) in [6.07, 6.45) is -5.03. The summed E-state index contributed by atoms with van der Waals surface area (Å²) < 4.78 is 42.2. The van der Waals surface area contributed by atoms with E-state index in [0.717, 1.165) is 6.07 Å². The first-order valence-electron chi connectivity index (χ1n) is 7.54. The van der Waals surface area contributed by atoms with Crippen LogP contribution in [0.25, 0.3) is 0 Å². The second-order valence-electron chi connectivity index (χ2n) is 5.27. The number of carbonyl (C=O) groups is 2. The van der Waals surface area contributed by atoms with Gasteiger partial charge in [0, 0.05) is 16.1 Å². The summed E-state index contributed by atoms with van der Waals surface area (Å²) in [6, 6.07) is 8.46. The lowest BCUT2D eigenvalue weighted by molar-refractivity contribution is -0.274. The minimum absolute atomic E-state index is 0.0689. The van der Waals surface area contributed by atoms with E-state index in [-0.39, 0.29) is 21.8 Å². The number of para-hydroxylation sites is 1. The van der Waals surface area contributed by atoms with Gasteiger partial charge in [-0.3, -0.25) is 9.59 Å². The van der Waals surface area contributed by atoms with Crippen molar-refractivity contribution in [3.05, 3.63) is 58.6 Å². The Balaban J connectivity index is 2.72. The van der Waals surface area contributed by atoms with Gasteiger partial charge in [0.2, 0.25) is 5.91 Å².